The predicted octanol–water partition coefficient (Wildman–Crippen LogP) is 5.98. The van der Waals surface area contributed by atoms with Crippen LogP contribution in [-0.4, -0.2) is 24.2 Å². The van der Waals surface area contributed by atoms with Crippen molar-refractivity contribution >= 4 is 11.6 Å². The van der Waals surface area contributed by atoms with Gasteiger partial charge in [-0.15, -0.1) is 0 Å². The van der Waals surface area contributed by atoms with E-state index in [2.05, 4.69) is 25.2 Å². The number of para-hydroxylation sites is 3. The van der Waals surface area contributed by atoms with Crippen molar-refractivity contribution in [2.45, 2.75) is 45.1 Å². The third-order valence-electron chi connectivity index (χ3n) is 5.97. The minimum Gasteiger partial charge on any atom is -0.457 e. The fraction of sp³-hybridized carbons (Fsp3) is 0.321. The third kappa shape index (κ3) is 5.27. The number of aliphatic hydroxyl groups is 1. The molecule has 3 aromatic carbocycles. The molecule has 1 heterocycles. The standard InChI is InChI=1S/C28H31NO4/c1-19(2)21-12-7-9-20(18-32-16-8-15-30)28(21)29-27(31)17-24-22-10-3-5-13-25(22)33-26-14-6-4-11-23(24)26/h3-7,9-14,19,24,30H,8,15-18H2,1-2H3,(H,29,31). The molecule has 0 saturated heterocycles. The third-order valence-corrected chi connectivity index (χ3v) is 5.97. The minimum absolute atomic E-state index is 0.0452. The van der Waals surface area contributed by atoms with Gasteiger partial charge in [-0.2, -0.15) is 0 Å². The molecule has 0 atom stereocenters. The first kappa shape index (κ1) is 23.0. The zero-order valence-corrected chi connectivity index (χ0v) is 19.2. The van der Waals surface area contributed by atoms with Crippen molar-refractivity contribution in [3.63, 3.8) is 0 Å². The summed E-state index contributed by atoms with van der Waals surface area (Å²) in [5, 5.41) is 12.2. The molecule has 172 valence electrons. The zero-order valence-electron chi connectivity index (χ0n) is 19.2. The SMILES string of the molecule is CC(C)c1cccc(COCCCO)c1NC(=O)CC1c2ccccc2Oc2ccccc21. The van der Waals surface area contributed by atoms with Crippen molar-refractivity contribution in [3.8, 4) is 11.5 Å². The lowest BCUT2D eigenvalue weighted by atomic mass is 9.85. The molecule has 0 bridgehead atoms. The van der Waals surface area contributed by atoms with Gasteiger partial charge in [0.05, 0.1) is 6.61 Å². The van der Waals surface area contributed by atoms with E-state index in [0.29, 0.717) is 26.1 Å². The van der Waals surface area contributed by atoms with Crippen LogP contribution in [0, 0.1) is 0 Å². The highest BCUT2D eigenvalue weighted by Crippen LogP contribution is 2.45. The number of aliphatic hydroxyl groups excluding tert-OH is 1. The topological polar surface area (TPSA) is 67.8 Å². The van der Waals surface area contributed by atoms with Crippen LogP contribution in [0.15, 0.2) is 66.7 Å². The number of nitrogens with one attached hydrogen (secondary N) is 1. The Hall–Kier alpha value is -3.15. The first-order valence-corrected chi connectivity index (χ1v) is 11.5. The molecule has 1 aliphatic heterocycles. The summed E-state index contributed by atoms with van der Waals surface area (Å²) in [6.07, 6.45) is 0.906. The van der Waals surface area contributed by atoms with Crippen LogP contribution < -0.4 is 10.1 Å². The van der Waals surface area contributed by atoms with E-state index in [1.165, 1.54) is 0 Å². The molecule has 1 amide bonds. The molecule has 5 nitrogen and oxygen atoms in total. The number of carbonyl (C=O) groups excluding carboxylic acids is 1. The molecule has 33 heavy (non-hydrogen) atoms. The van der Waals surface area contributed by atoms with Gasteiger partial charge in [0.15, 0.2) is 0 Å². The van der Waals surface area contributed by atoms with Crippen LogP contribution in [0.5, 0.6) is 11.5 Å². The molecular formula is C28H31NO4. The van der Waals surface area contributed by atoms with E-state index in [1.54, 1.807) is 0 Å². The summed E-state index contributed by atoms with van der Waals surface area (Å²) in [6, 6.07) is 21.9. The Morgan fingerprint density at radius 1 is 1.00 bits per heavy atom. The summed E-state index contributed by atoms with van der Waals surface area (Å²) in [6.45, 7) is 5.20. The second-order valence-corrected chi connectivity index (χ2v) is 8.65. The highest BCUT2D eigenvalue weighted by Gasteiger charge is 2.29. The van der Waals surface area contributed by atoms with Crippen molar-refractivity contribution in [2.75, 3.05) is 18.5 Å². The van der Waals surface area contributed by atoms with Crippen LogP contribution in [0.2, 0.25) is 0 Å². The fourth-order valence-electron chi connectivity index (χ4n) is 4.33. The predicted molar refractivity (Wildman–Crippen MR) is 130 cm³/mol. The Morgan fingerprint density at radius 2 is 1.67 bits per heavy atom. The molecule has 0 fully saturated rings. The number of amides is 1. The highest BCUT2D eigenvalue weighted by molar-refractivity contribution is 5.93. The molecule has 0 aromatic heterocycles. The van der Waals surface area contributed by atoms with Crippen LogP contribution in [0.25, 0.3) is 0 Å². The Kier molecular flexibility index (Phi) is 7.43. The van der Waals surface area contributed by atoms with E-state index >= 15 is 0 Å². The van der Waals surface area contributed by atoms with Gasteiger partial charge in [0, 0.05) is 47.9 Å². The molecule has 2 N–H and O–H groups in total. The zero-order chi connectivity index (χ0) is 23.2. The largest absolute Gasteiger partial charge is 0.457 e. The Balaban J connectivity index is 1.59. The summed E-state index contributed by atoms with van der Waals surface area (Å²) in [7, 11) is 0. The number of fused-ring (bicyclic) bond motifs is 2. The smallest absolute Gasteiger partial charge is 0.225 e. The molecular weight excluding hydrogens is 414 g/mol. The highest BCUT2D eigenvalue weighted by atomic mass is 16.5. The Morgan fingerprint density at radius 3 is 2.30 bits per heavy atom. The van der Waals surface area contributed by atoms with Crippen LogP contribution in [0.1, 0.15) is 60.8 Å². The molecule has 0 radical (unpaired) electrons. The van der Waals surface area contributed by atoms with Crippen LogP contribution in [0.3, 0.4) is 0 Å². The van der Waals surface area contributed by atoms with E-state index in [1.807, 2.05) is 60.7 Å². The molecule has 0 unspecified atom stereocenters. The molecule has 0 spiro atoms. The van der Waals surface area contributed by atoms with Crippen molar-refractivity contribution in [2.24, 2.45) is 0 Å². The number of carbonyl (C=O) groups is 1. The minimum atomic E-state index is -0.0818. The van der Waals surface area contributed by atoms with E-state index < -0.39 is 0 Å². The lowest BCUT2D eigenvalue weighted by Crippen LogP contribution is -2.20. The summed E-state index contributed by atoms with van der Waals surface area (Å²) < 4.78 is 11.8. The molecule has 0 aliphatic carbocycles. The van der Waals surface area contributed by atoms with E-state index in [4.69, 9.17) is 14.6 Å². The van der Waals surface area contributed by atoms with Gasteiger partial charge in [0.1, 0.15) is 11.5 Å². The van der Waals surface area contributed by atoms with E-state index in [-0.39, 0.29) is 24.3 Å². The van der Waals surface area contributed by atoms with Gasteiger partial charge in [0.2, 0.25) is 5.91 Å². The second-order valence-electron chi connectivity index (χ2n) is 8.65. The van der Waals surface area contributed by atoms with Gasteiger partial charge in [-0.1, -0.05) is 68.4 Å². The summed E-state index contributed by atoms with van der Waals surface area (Å²) in [5.41, 5.74) is 4.90. The van der Waals surface area contributed by atoms with Crippen molar-refractivity contribution in [3.05, 3.63) is 89.0 Å². The van der Waals surface area contributed by atoms with Gasteiger partial charge >= 0.3 is 0 Å². The van der Waals surface area contributed by atoms with E-state index in [9.17, 15) is 4.79 Å². The quantitative estimate of drug-likeness (QED) is 0.398. The molecule has 4 rings (SSSR count). The Labute approximate surface area is 195 Å². The maximum Gasteiger partial charge on any atom is 0.225 e. The van der Waals surface area contributed by atoms with Crippen molar-refractivity contribution in [1.82, 2.24) is 0 Å². The van der Waals surface area contributed by atoms with Gasteiger partial charge in [-0.25, -0.2) is 0 Å². The van der Waals surface area contributed by atoms with Crippen LogP contribution in [0.4, 0.5) is 5.69 Å². The number of hydrogen-bond donors (Lipinski definition) is 2. The number of anilines is 1. The van der Waals surface area contributed by atoms with Crippen molar-refractivity contribution in [1.29, 1.82) is 0 Å². The first-order valence-electron chi connectivity index (χ1n) is 11.5. The molecule has 3 aromatic rings. The number of hydrogen-bond acceptors (Lipinski definition) is 4. The Bertz CT molecular complexity index is 1060. The molecule has 1 aliphatic rings. The van der Waals surface area contributed by atoms with Gasteiger partial charge in [0.25, 0.3) is 0 Å². The average Bonchev–Trinajstić information content (AvgIpc) is 2.82. The lowest BCUT2D eigenvalue weighted by Gasteiger charge is -2.28. The maximum atomic E-state index is 13.4. The summed E-state index contributed by atoms with van der Waals surface area (Å²) in [4.78, 5) is 13.4. The van der Waals surface area contributed by atoms with Gasteiger partial charge in [-0.3, -0.25) is 4.79 Å². The molecule has 5 heteroatoms. The average molecular weight is 446 g/mol. The molecule has 0 saturated carbocycles. The number of benzene rings is 3. The van der Waals surface area contributed by atoms with E-state index in [0.717, 1.165) is 39.4 Å². The second kappa shape index (κ2) is 10.6. The normalized spacial score (nSPS) is 12.7. The maximum absolute atomic E-state index is 13.4. The monoisotopic (exact) mass is 445 g/mol. The first-order chi connectivity index (χ1) is 16.1. The number of ether oxygens (including phenoxy) is 2. The van der Waals surface area contributed by atoms with Gasteiger partial charge in [-0.05, 0) is 30.0 Å². The van der Waals surface area contributed by atoms with Gasteiger partial charge < -0.3 is 19.9 Å². The lowest BCUT2D eigenvalue weighted by molar-refractivity contribution is -0.116. The van der Waals surface area contributed by atoms with Crippen LogP contribution >= 0.6 is 0 Å². The number of rotatable bonds is 9. The van der Waals surface area contributed by atoms with Crippen LogP contribution in [-0.2, 0) is 16.1 Å². The fourth-order valence-corrected chi connectivity index (χ4v) is 4.33. The summed E-state index contributed by atoms with van der Waals surface area (Å²) >= 11 is 0. The summed E-state index contributed by atoms with van der Waals surface area (Å²) in [5.74, 6) is 1.73. The van der Waals surface area contributed by atoms with Crippen molar-refractivity contribution < 1.29 is 19.4 Å².